The Morgan fingerprint density at radius 2 is 2.44 bits per heavy atom. The summed E-state index contributed by atoms with van der Waals surface area (Å²) in [4.78, 5) is 1.33. The van der Waals surface area contributed by atoms with Gasteiger partial charge in [-0.25, -0.2) is 0 Å². The second kappa shape index (κ2) is 5.45. The number of hydrogen-bond donors (Lipinski definition) is 2. The molecule has 4 heteroatoms. The zero-order valence-corrected chi connectivity index (χ0v) is 11.6. The Morgan fingerprint density at radius 3 is 3.00 bits per heavy atom. The van der Waals surface area contributed by atoms with Gasteiger partial charge in [0.1, 0.15) is 0 Å². The number of aliphatic hydroxyl groups excluding tert-OH is 1. The predicted octanol–water partition coefficient (Wildman–Crippen LogP) is 3.10. The lowest BCUT2D eigenvalue weighted by molar-refractivity contribution is 0.245. The molecule has 0 spiro atoms. The van der Waals surface area contributed by atoms with Gasteiger partial charge in [-0.15, -0.1) is 11.3 Å². The lowest BCUT2D eigenvalue weighted by Gasteiger charge is -2.18. The Bertz CT molecular complexity index is 377. The molecule has 2 N–H and O–H groups in total. The first kappa shape index (κ1) is 12.3. The fourth-order valence-electron chi connectivity index (χ4n) is 2.04. The molecule has 1 heterocycles. The lowest BCUT2D eigenvalue weighted by Crippen LogP contribution is -2.29. The Kier molecular flexibility index (Phi) is 4.19. The topological polar surface area (TPSA) is 32.3 Å². The van der Waals surface area contributed by atoms with Gasteiger partial charge in [0.05, 0.1) is 0 Å². The Morgan fingerprint density at radius 1 is 1.62 bits per heavy atom. The third kappa shape index (κ3) is 2.74. The van der Waals surface area contributed by atoms with E-state index in [4.69, 9.17) is 5.11 Å². The standard InChI is InChI=1S/C12H16BrNOS/c1-8(12-11(13)4-5-16-12)14-10-3-2-9(6-10)7-15/h2-5,8-10,14-15H,6-7H2,1H3/t8?,9-,10+/m0/s1. The first-order chi connectivity index (χ1) is 7.70. The van der Waals surface area contributed by atoms with Crippen LogP contribution in [0.4, 0.5) is 0 Å². The van der Waals surface area contributed by atoms with Crippen molar-refractivity contribution in [3.63, 3.8) is 0 Å². The summed E-state index contributed by atoms with van der Waals surface area (Å²) in [5, 5.41) is 14.7. The SMILES string of the molecule is CC(N[C@@H]1C=C[C@H](CO)C1)c1sccc1Br. The van der Waals surface area contributed by atoms with E-state index in [9.17, 15) is 0 Å². The molecule has 0 aliphatic heterocycles. The molecule has 0 bridgehead atoms. The van der Waals surface area contributed by atoms with Crippen LogP contribution in [0, 0.1) is 5.92 Å². The van der Waals surface area contributed by atoms with Crippen LogP contribution in [0.2, 0.25) is 0 Å². The molecule has 88 valence electrons. The van der Waals surface area contributed by atoms with E-state index in [0.29, 0.717) is 18.0 Å². The highest BCUT2D eigenvalue weighted by molar-refractivity contribution is 9.10. The van der Waals surface area contributed by atoms with Gasteiger partial charge in [0.15, 0.2) is 0 Å². The summed E-state index contributed by atoms with van der Waals surface area (Å²) in [6.07, 6.45) is 5.27. The summed E-state index contributed by atoms with van der Waals surface area (Å²) in [6, 6.07) is 2.82. The highest BCUT2D eigenvalue weighted by Gasteiger charge is 2.21. The van der Waals surface area contributed by atoms with Gasteiger partial charge in [-0.05, 0) is 40.7 Å². The van der Waals surface area contributed by atoms with Crippen molar-refractivity contribution in [3.05, 3.63) is 32.9 Å². The smallest absolute Gasteiger partial charge is 0.0494 e. The third-order valence-corrected chi connectivity index (χ3v) is 4.96. The summed E-state index contributed by atoms with van der Waals surface area (Å²) < 4.78 is 1.18. The minimum absolute atomic E-state index is 0.256. The van der Waals surface area contributed by atoms with E-state index in [1.807, 2.05) is 0 Å². The van der Waals surface area contributed by atoms with Crippen molar-refractivity contribution in [3.8, 4) is 0 Å². The summed E-state index contributed by atoms with van der Waals surface area (Å²) in [5.74, 6) is 0.330. The van der Waals surface area contributed by atoms with Gasteiger partial charge >= 0.3 is 0 Å². The van der Waals surface area contributed by atoms with Crippen molar-refractivity contribution in [1.82, 2.24) is 5.32 Å². The maximum absolute atomic E-state index is 9.06. The van der Waals surface area contributed by atoms with Crippen molar-refractivity contribution in [1.29, 1.82) is 0 Å². The van der Waals surface area contributed by atoms with Crippen molar-refractivity contribution < 1.29 is 5.11 Å². The van der Waals surface area contributed by atoms with E-state index in [1.165, 1.54) is 9.35 Å². The molecule has 0 aromatic carbocycles. The van der Waals surface area contributed by atoms with Gasteiger partial charge in [0, 0.05) is 34.0 Å². The minimum atomic E-state index is 0.256. The van der Waals surface area contributed by atoms with Crippen LogP contribution >= 0.6 is 27.3 Å². The van der Waals surface area contributed by atoms with Crippen molar-refractivity contribution in [2.75, 3.05) is 6.61 Å². The van der Waals surface area contributed by atoms with Gasteiger partial charge in [-0.3, -0.25) is 0 Å². The molecular formula is C12H16BrNOS. The van der Waals surface area contributed by atoms with Crippen LogP contribution in [0.3, 0.4) is 0 Å². The van der Waals surface area contributed by atoms with Gasteiger partial charge < -0.3 is 10.4 Å². The first-order valence-corrected chi connectivity index (χ1v) is 7.16. The van der Waals surface area contributed by atoms with Crippen LogP contribution in [-0.4, -0.2) is 17.8 Å². The monoisotopic (exact) mass is 301 g/mol. The molecular weight excluding hydrogens is 286 g/mol. The maximum Gasteiger partial charge on any atom is 0.0494 e. The van der Waals surface area contributed by atoms with Gasteiger partial charge in [-0.1, -0.05) is 12.2 Å². The van der Waals surface area contributed by atoms with Crippen molar-refractivity contribution >= 4 is 27.3 Å². The highest BCUT2D eigenvalue weighted by Crippen LogP contribution is 2.30. The Balaban J connectivity index is 1.92. The maximum atomic E-state index is 9.06. The Labute approximate surface area is 109 Å². The molecule has 0 amide bonds. The lowest BCUT2D eigenvalue weighted by atomic mass is 10.1. The highest BCUT2D eigenvalue weighted by atomic mass is 79.9. The zero-order chi connectivity index (χ0) is 11.5. The molecule has 3 atom stereocenters. The molecule has 2 rings (SSSR count). The van der Waals surface area contributed by atoms with E-state index in [1.54, 1.807) is 11.3 Å². The molecule has 1 aliphatic rings. The molecule has 2 nitrogen and oxygen atoms in total. The number of nitrogens with one attached hydrogen (secondary N) is 1. The molecule has 1 aromatic heterocycles. The summed E-state index contributed by atoms with van der Waals surface area (Å²) in [6.45, 7) is 2.43. The fraction of sp³-hybridized carbons (Fsp3) is 0.500. The van der Waals surface area contributed by atoms with Gasteiger partial charge in [0.25, 0.3) is 0 Å². The number of thiophene rings is 1. The third-order valence-electron chi connectivity index (χ3n) is 2.91. The van der Waals surface area contributed by atoms with Crippen LogP contribution in [0.1, 0.15) is 24.3 Å². The van der Waals surface area contributed by atoms with Crippen LogP contribution in [0.15, 0.2) is 28.1 Å². The molecule has 0 saturated heterocycles. The molecule has 0 saturated carbocycles. The molecule has 16 heavy (non-hydrogen) atoms. The minimum Gasteiger partial charge on any atom is -0.396 e. The van der Waals surface area contributed by atoms with Gasteiger partial charge in [-0.2, -0.15) is 0 Å². The fourth-order valence-corrected chi connectivity index (χ4v) is 3.78. The van der Waals surface area contributed by atoms with Crippen molar-refractivity contribution in [2.24, 2.45) is 5.92 Å². The number of hydrogen-bond acceptors (Lipinski definition) is 3. The average Bonchev–Trinajstić information content (AvgIpc) is 2.86. The summed E-state index contributed by atoms with van der Waals surface area (Å²) in [5.41, 5.74) is 0. The van der Waals surface area contributed by atoms with Crippen LogP contribution in [0.5, 0.6) is 0 Å². The summed E-state index contributed by atoms with van der Waals surface area (Å²) in [7, 11) is 0. The molecule has 1 aliphatic carbocycles. The van der Waals surface area contributed by atoms with E-state index < -0.39 is 0 Å². The zero-order valence-electron chi connectivity index (χ0n) is 9.19. The quantitative estimate of drug-likeness (QED) is 0.838. The largest absolute Gasteiger partial charge is 0.396 e. The normalized spacial score (nSPS) is 26.2. The van der Waals surface area contributed by atoms with E-state index in [-0.39, 0.29) is 6.61 Å². The Hall–Kier alpha value is -0.160. The van der Waals surface area contributed by atoms with E-state index in [0.717, 1.165) is 6.42 Å². The average molecular weight is 302 g/mol. The van der Waals surface area contributed by atoms with Crippen LogP contribution in [-0.2, 0) is 0 Å². The first-order valence-electron chi connectivity index (χ1n) is 5.49. The van der Waals surface area contributed by atoms with E-state index in [2.05, 4.69) is 51.8 Å². The summed E-state index contributed by atoms with van der Waals surface area (Å²) >= 11 is 5.32. The second-order valence-corrected chi connectivity index (χ2v) is 5.99. The van der Waals surface area contributed by atoms with E-state index >= 15 is 0 Å². The van der Waals surface area contributed by atoms with Crippen LogP contribution in [0.25, 0.3) is 0 Å². The number of halogens is 1. The van der Waals surface area contributed by atoms with Crippen molar-refractivity contribution in [2.45, 2.75) is 25.4 Å². The molecule has 0 radical (unpaired) electrons. The van der Waals surface area contributed by atoms with Crippen LogP contribution < -0.4 is 5.32 Å². The predicted molar refractivity (Wildman–Crippen MR) is 71.7 cm³/mol. The number of aliphatic hydroxyl groups is 1. The molecule has 0 fully saturated rings. The molecule has 1 aromatic rings. The van der Waals surface area contributed by atoms with Gasteiger partial charge in [0.2, 0.25) is 0 Å². The second-order valence-electron chi connectivity index (χ2n) is 4.19. The number of rotatable bonds is 4. The molecule has 1 unspecified atom stereocenters.